The molecule has 0 saturated carbocycles. The van der Waals surface area contributed by atoms with Crippen LogP contribution in [0.5, 0.6) is 11.5 Å². The Labute approximate surface area is 121 Å². The highest BCUT2D eigenvalue weighted by atomic mass is 16.5. The van der Waals surface area contributed by atoms with E-state index in [9.17, 15) is 5.11 Å². The number of hydrogen-bond donors (Lipinski definition) is 1. The average molecular weight is 282 g/mol. The number of aromatic hydroxyl groups is 1. The van der Waals surface area contributed by atoms with Gasteiger partial charge in [0.1, 0.15) is 11.5 Å². The van der Waals surface area contributed by atoms with E-state index in [-0.39, 0.29) is 5.75 Å². The lowest BCUT2D eigenvalue weighted by Gasteiger charge is -2.01. The fourth-order valence-electron chi connectivity index (χ4n) is 2.01. The van der Waals surface area contributed by atoms with Crippen molar-refractivity contribution < 1.29 is 14.4 Å². The number of phenolic OH excluding ortho intramolecular Hbond substituents is 1. The van der Waals surface area contributed by atoms with E-state index in [1.807, 2.05) is 24.3 Å². The van der Waals surface area contributed by atoms with Crippen LogP contribution < -0.4 is 4.74 Å². The summed E-state index contributed by atoms with van der Waals surface area (Å²) in [6.07, 6.45) is 0.568. The van der Waals surface area contributed by atoms with Crippen molar-refractivity contribution in [2.45, 2.75) is 6.42 Å². The second-order valence-corrected chi connectivity index (χ2v) is 4.59. The molecular formula is C16H14N2O3. The summed E-state index contributed by atoms with van der Waals surface area (Å²) >= 11 is 0. The molecule has 0 aliphatic rings. The summed E-state index contributed by atoms with van der Waals surface area (Å²) in [6.45, 7) is 0. The van der Waals surface area contributed by atoms with E-state index in [1.54, 1.807) is 31.4 Å². The fraction of sp³-hybridized carbons (Fsp3) is 0.125. The number of rotatable bonds is 4. The van der Waals surface area contributed by atoms with Gasteiger partial charge in [0.15, 0.2) is 5.82 Å². The molecule has 106 valence electrons. The standard InChI is InChI=1S/C16H14N2O3/c1-20-14-4-2-3-11(9-14)10-15-17-16(21-18-15)12-5-7-13(19)8-6-12/h2-9,19H,10H2,1H3. The molecule has 5 heteroatoms. The Balaban J connectivity index is 1.80. The molecule has 0 fully saturated rings. The third-order valence-corrected chi connectivity index (χ3v) is 3.08. The van der Waals surface area contributed by atoms with Crippen LogP contribution in [0, 0.1) is 0 Å². The van der Waals surface area contributed by atoms with Crippen molar-refractivity contribution in [2.24, 2.45) is 0 Å². The van der Waals surface area contributed by atoms with Crippen LogP contribution in [-0.4, -0.2) is 22.4 Å². The number of phenols is 1. The van der Waals surface area contributed by atoms with Crippen LogP contribution in [0.3, 0.4) is 0 Å². The summed E-state index contributed by atoms with van der Waals surface area (Å²) in [5, 5.41) is 13.3. The first-order chi connectivity index (χ1) is 10.2. The second-order valence-electron chi connectivity index (χ2n) is 4.59. The van der Waals surface area contributed by atoms with Crippen LogP contribution in [0.4, 0.5) is 0 Å². The van der Waals surface area contributed by atoms with E-state index < -0.39 is 0 Å². The minimum Gasteiger partial charge on any atom is -0.508 e. The largest absolute Gasteiger partial charge is 0.508 e. The molecule has 0 unspecified atom stereocenters. The molecule has 1 heterocycles. The van der Waals surface area contributed by atoms with Gasteiger partial charge in [-0.3, -0.25) is 0 Å². The van der Waals surface area contributed by atoms with Crippen molar-refractivity contribution >= 4 is 0 Å². The third kappa shape index (κ3) is 3.02. The van der Waals surface area contributed by atoms with Crippen LogP contribution in [-0.2, 0) is 6.42 Å². The van der Waals surface area contributed by atoms with Gasteiger partial charge in [0.25, 0.3) is 5.89 Å². The number of ether oxygens (including phenoxy) is 1. The Morgan fingerprint density at radius 1 is 1.14 bits per heavy atom. The normalized spacial score (nSPS) is 10.5. The predicted molar refractivity (Wildman–Crippen MR) is 77.2 cm³/mol. The molecule has 3 rings (SSSR count). The second kappa shape index (κ2) is 5.66. The van der Waals surface area contributed by atoms with Gasteiger partial charge in [0.2, 0.25) is 0 Å². The molecule has 1 aromatic heterocycles. The zero-order chi connectivity index (χ0) is 14.7. The molecule has 3 aromatic rings. The average Bonchev–Trinajstić information content (AvgIpc) is 2.96. The lowest BCUT2D eigenvalue weighted by atomic mass is 10.1. The molecule has 0 bridgehead atoms. The molecule has 0 spiro atoms. The zero-order valence-corrected chi connectivity index (χ0v) is 11.5. The van der Waals surface area contributed by atoms with Crippen molar-refractivity contribution in [3.63, 3.8) is 0 Å². The number of aromatic nitrogens is 2. The first kappa shape index (κ1) is 13.2. The van der Waals surface area contributed by atoms with Gasteiger partial charge in [-0.1, -0.05) is 17.3 Å². The van der Waals surface area contributed by atoms with Gasteiger partial charge in [0, 0.05) is 12.0 Å². The van der Waals surface area contributed by atoms with E-state index in [0.717, 1.165) is 16.9 Å². The highest BCUT2D eigenvalue weighted by Gasteiger charge is 2.09. The van der Waals surface area contributed by atoms with Crippen LogP contribution in [0.25, 0.3) is 11.5 Å². The minimum atomic E-state index is 0.204. The van der Waals surface area contributed by atoms with E-state index >= 15 is 0 Å². The number of nitrogens with zero attached hydrogens (tertiary/aromatic N) is 2. The number of methoxy groups -OCH3 is 1. The molecule has 0 aliphatic heterocycles. The maximum atomic E-state index is 9.27. The van der Waals surface area contributed by atoms with Gasteiger partial charge in [-0.2, -0.15) is 4.98 Å². The summed E-state index contributed by atoms with van der Waals surface area (Å²) in [7, 11) is 1.64. The van der Waals surface area contributed by atoms with Crippen LogP contribution >= 0.6 is 0 Å². The molecule has 0 amide bonds. The molecule has 0 radical (unpaired) electrons. The van der Waals surface area contributed by atoms with Crippen molar-refractivity contribution in [3.8, 4) is 23.0 Å². The number of benzene rings is 2. The highest BCUT2D eigenvalue weighted by Crippen LogP contribution is 2.21. The Hall–Kier alpha value is -2.82. The molecule has 2 aromatic carbocycles. The van der Waals surface area contributed by atoms with Gasteiger partial charge in [-0.25, -0.2) is 0 Å². The molecule has 0 saturated heterocycles. The van der Waals surface area contributed by atoms with E-state index in [2.05, 4.69) is 10.1 Å². The zero-order valence-electron chi connectivity index (χ0n) is 11.5. The highest BCUT2D eigenvalue weighted by molar-refractivity contribution is 5.54. The molecule has 0 atom stereocenters. The Morgan fingerprint density at radius 2 is 1.95 bits per heavy atom. The first-order valence-corrected chi connectivity index (χ1v) is 6.49. The van der Waals surface area contributed by atoms with Gasteiger partial charge in [-0.15, -0.1) is 0 Å². The van der Waals surface area contributed by atoms with Crippen LogP contribution in [0.2, 0.25) is 0 Å². The van der Waals surface area contributed by atoms with Gasteiger partial charge >= 0.3 is 0 Å². The topological polar surface area (TPSA) is 68.4 Å². The monoisotopic (exact) mass is 282 g/mol. The van der Waals surface area contributed by atoms with Crippen LogP contribution in [0.15, 0.2) is 53.1 Å². The van der Waals surface area contributed by atoms with Crippen molar-refractivity contribution in [1.29, 1.82) is 0 Å². The predicted octanol–water partition coefficient (Wildman–Crippen LogP) is 3.04. The summed E-state index contributed by atoms with van der Waals surface area (Å²) in [5.74, 6) is 2.05. The Morgan fingerprint density at radius 3 is 2.71 bits per heavy atom. The maximum Gasteiger partial charge on any atom is 0.257 e. The van der Waals surface area contributed by atoms with Crippen molar-refractivity contribution in [2.75, 3.05) is 7.11 Å². The Kier molecular flexibility index (Phi) is 3.55. The summed E-state index contributed by atoms with van der Waals surface area (Å²) in [5.41, 5.74) is 1.82. The first-order valence-electron chi connectivity index (χ1n) is 6.49. The number of hydrogen-bond acceptors (Lipinski definition) is 5. The van der Waals surface area contributed by atoms with Crippen molar-refractivity contribution in [3.05, 3.63) is 59.9 Å². The smallest absolute Gasteiger partial charge is 0.257 e. The molecule has 1 N–H and O–H groups in total. The summed E-state index contributed by atoms with van der Waals surface area (Å²) < 4.78 is 10.4. The summed E-state index contributed by atoms with van der Waals surface area (Å²) in [6, 6.07) is 14.4. The SMILES string of the molecule is COc1cccc(Cc2noc(-c3ccc(O)cc3)n2)c1. The Bertz CT molecular complexity index is 735. The molecule has 0 aliphatic carbocycles. The molecule has 21 heavy (non-hydrogen) atoms. The molecule has 5 nitrogen and oxygen atoms in total. The van der Waals surface area contributed by atoms with E-state index in [4.69, 9.17) is 9.26 Å². The fourth-order valence-corrected chi connectivity index (χ4v) is 2.01. The maximum absolute atomic E-state index is 9.27. The molecular weight excluding hydrogens is 268 g/mol. The van der Waals surface area contributed by atoms with Crippen LogP contribution in [0.1, 0.15) is 11.4 Å². The van der Waals surface area contributed by atoms with E-state index in [1.165, 1.54) is 0 Å². The lowest BCUT2D eigenvalue weighted by Crippen LogP contribution is -1.92. The van der Waals surface area contributed by atoms with E-state index in [0.29, 0.717) is 18.1 Å². The van der Waals surface area contributed by atoms with Gasteiger partial charge in [-0.05, 0) is 42.0 Å². The summed E-state index contributed by atoms with van der Waals surface area (Å²) in [4.78, 5) is 4.36. The van der Waals surface area contributed by atoms with Gasteiger partial charge < -0.3 is 14.4 Å². The van der Waals surface area contributed by atoms with Gasteiger partial charge in [0.05, 0.1) is 7.11 Å². The quantitative estimate of drug-likeness (QED) is 0.796. The van der Waals surface area contributed by atoms with Crippen molar-refractivity contribution in [1.82, 2.24) is 10.1 Å². The minimum absolute atomic E-state index is 0.204. The third-order valence-electron chi connectivity index (χ3n) is 3.08. The lowest BCUT2D eigenvalue weighted by molar-refractivity contribution is 0.414.